The van der Waals surface area contributed by atoms with Gasteiger partial charge in [-0.1, -0.05) is 18.2 Å². The Morgan fingerprint density at radius 1 is 1.39 bits per heavy atom. The fourth-order valence-electron chi connectivity index (χ4n) is 1.61. The molecular formula is C14H19N3O. The molecule has 0 radical (unpaired) electrons. The Hall–Kier alpha value is -1.86. The van der Waals surface area contributed by atoms with Crippen molar-refractivity contribution in [3.8, 4) is 6.07 Å². The summed E-state index contributed by atoms with van der Waals surface area (Å²) in [5.74, 6) is -0.0616. The number of hydrogen-bond donors (Lipinski definition) is 1. The number of benzene rings is 1. The molecule has 2 unspecified atom stereocenters. The van der Waals surface area contributed by atoms with Gasteiger partial charge in [0.15, 0.2) is 0 Å². The number of hydrogen-bond acceptors (Lipinski definition) is 3. The number of nitriles is 1. The number of carbonyl (C=O) groups is 1. The molecule has 0 bridgehead atoms. The van der Waals surface area contributed by atoms with Gasteiger partial charge in [0.25, 0.3) is 0 Å². The van der Waals surface area contributed by atoms with Crippen LogP contribution in [0.5, 0.6) is 0 Å². The van der Waals surface area contributed by atoms with Crippen molar-refractivity contribution in [3.05, 3.63) is 30.3 Å². The highest BCUT2D eigenvalue weighted by molar-refractivity contribution is 5.94. The van der Waals surface area contributed by atoms with Gasteiger partial charge >= 0.3 is 0 Å². The van der Waals surface area contributed by atoms with Crippen LogP contribution in [0.25, 0.3) is 0 Å². The zero-order chi connectivity index (χ0) is 13.5. The Bertz CT molecular complexity index is 424. The minimum absolute atomic E-state index is 0.0616. The van der Waals surface area contributed by atoms with E-state index in [-0.39, 0.29) is 18.0 Å². The minimum atomic E-state index is -0.270. The van der Waals surface area contributed by atoms with Crippen molar-refractivity contribution in [1.29, 1.82) is 5.26 Å². The molecule has 0 spiro atoms. The molecule has 2 atom stereocenters. The van der Waals surface area contributed by atoms with Gasteiger partial charge in [0, 0.05) is 11.7 Å². The maximum atomic E-state index is 12.0. The van der Waals surface area contributed by atoms with Crippen LogP contribution in [0.2, 0.25) is 0 Å². The lowest BCUT2D eigenvalue weighted by Crippen LogP contribution is -2.44. The van der Waals surface area contributed by atoms with E-state index in [0.29, 0.717) is 6.42 Å². The summed E-state index contributed by atoms with van der Waals surface area (Å²) in [5.41, 5.74) is 0.788. The maximum Gasteiger partial charge on any atom is 0.241 e. The van der Waals surface area contributed by atoms with Gasteiger partial charge in [-0.15, -0.1) is 0 Å². The molecule has 1 aromatic carbocycles. The Morgan fingerprint density at radius 2 is 2.00 bits per heavy atom. The molecule has 18 heavy (non-hydrogen) atoms. The lowest BCUT2D eigenvalue weighted by Gasteiger charge is -2.28. The van der Waals surface area contributed by atoms with Crippen molar-refractivity contribution in [2.24, 2.45) is 0 Å². The van der Waals surface area contributed by atoms with E-state index in [4.69, 9.17) is 5.26 Å². The van der Waals surface area contributed by atoms with Crippen LogP contribution in [-0.2, 0) is 4.79 Å². The summed E-state index contributed by atoms with van der Waals surface area (Å²) in [6, 6.07) is 11.3. The number of rotatable bonds is 5. The molecule has 0 aliphatic heterocycles. The average molecular weight is 245 g/mol. The van der Waals surface area contributed by atoms with E-state index in [1.807, 2.05) is 56.1 Å². The zero-order valence-corrected chi connectivity index (χ0v) is 11.1. The van der Waals surface area contributed by atoms with Crippen LogP contribution in [0.1, 0.15) is 20.3 Å². The number of nitrogens with one attached hydrogen (secondary N) is 1. The van der Waals surface area contributed by atoms with E-state index in [2.05, 4.69) is 11.4 Å². The molecule has 1 amide bonds. The molecule has 0 aliphatic rings. The molecule has 0 saturated carbocycles. The SMILES string of the molecule is CC(CC#N)N(C)C(C)C(=O)Nc1ccccc1. The number of amides is 1. The summed E-state index contributed by atoms with van der Waals surface area (Å²) < 4.78 is 0. The van der Waals surface area contributed by atoms with Crippen molar-refractivity contribution >= 4 is 11.6 Å². The monoisotopic (exact) mass is 245 g/mol. The van der Waals surface area contributed by atoms with Crippen LogP contribution in [-0.4, -0.2) is 29.9 Å². The quantitative estimate of drug-likeness (QED) is 0.865. The molecule has 4 heteroatoms. The second-order valence-electron chi connectivity index (χ2n) is 4.41. The van der Waals surface area contributed by atoms with Crippen LogP contribution in [0.3, 0.4) is 0 Å². The van der Waals surface area contributed by atoms with Crippen molar-refractivity contribution in [2.45, 2.75) is 32.4 Å². The summed E-state index contributed by atoms with van der Waals surface area (Å²) in [5, 5.41) is 11.5. The van der Waals surface area contributed by atoms with Crippen LogP contribution in [0.15, 0.2) is 30.3 Å². The predicted octanol–water partition coefficient (Wildman–Crippen LogP) is 2.25. The van der Waals surface area contributed by atoms with Gasteiger partial charge in [-0.3, -0.25) is 9.69 Å². The van der Waals surface area contributed by atoms with Gasteiger partial charge in [-0.2, -0.15) is 5.26 Å². The van der Waals surface area contributed by atoms with E-state index < -0.39 is 0 Å². The first-order valence-electron chi connectivity index (χ1n) is 6.01. The van der Waals surface area contributed by atoms with E-state index in [0.717, 1.165) is 5.69 Å². The van der Waals surface area contributed by atoms with Crippen molar-refractivity contribution in [3.63, 3.8) is 0 Å². The molecule has 1 aromatic rings. The molecule has 4 nitrogen and oxygen atoms in total. The predicted molar refractivity (Wildman–Crippen MR) is 72.0 cm³/mol. The Balaban J connectivity index is 2.59. The van der Waals surface area contributed by atoms with Gasteiger partial charge < -0.3 is 5.32 Å². The second kappa shape index (κ2) is 6.77. The molecule has 0 fully saturated rings. The Morgan fingerprint density at radius 3 is 2.56 bits per heavy atom. The Kier molecular flexibility index (Phi) is 5.34. The highest BCUT2D eigenvalue weighted by Crippen LogP contribution is 2.10. The number of anilines is 1. The van der Waals surface area contributed by atoms with E-state index in [9.17, 15) is 4.79 Å². The highest BCUT2D eigenvalue weighted by Gasteiger charge is 2.21. The number of carbonyl (C=O) groups excluding carboxylic acids is 1. The van der Waals surface area contributed by atoms with Crippen molar-refractivity contribution in [2.75, 3.05) is 12.4 Å². The van der Waals surface area contributed by atoms with Crippen molar-refractivity contribution < 1.29 is 4.79 Å². The fourth-order valence-corrected chi connectivity index (χ4v) is 1.61. The van der Waals surface area contributed by atoms with Crippen LogP contribution < -0.4 is 5.32 Å². The van der Waals surface area contributed by atoms with Crippen LogP contribution in [0.4, 0.5) is 5.69 Å². The molecule has 1 rings (SSSR count). The fraction of sp³-hybridized carbons (Fsp3) is 0.429. The average Bonchev–Trinajstić information content (AvgIpc) is 2.38. The third-order valence-electron chi connectivity index (χ3n) is 3.11. The molecule has 0 heterocycles. The molecule has 96 valence electrons. The topological polar surface area (TPSA) is 56.1 Å². The van der Waals surface area contributed by atoms with Crippen LogP contribution >= 0.6 is 0 Å². The Labute approximate surface area is 108 Å². The number of nitrogens with zero attached hydrogens (tertiary/aromatic N) is 2. The second-order valence-corrected chi connectivity index (χ2v) is 4.41. The zero-order valence-electron chi connectivity index (χ0n) is 11.1. The third-order valence-corrected chi connectivity index (χ3v) is 3.11. The number of likely N-dealkylation sites (N-methyl/N-ethyl adjacent to an activating group) is 1. The molecule has 0 saturated heterocycles. The van der Waals surface area contributed by atoms with E-state index >= 15 is 0 Å². The van der Waals surface area contributed by atoms with Crippen LogP contribution in [0, 0.1) is 11.3 Å². The van der Waals surface area contributed by atoms with Gasteiger partial charge in [0.2, 0.25) is 5.91 Å². The van der Waals surface area contributed by atoms with Gasteiger partial charge in [-0.25, -0.2) is 0 Å². The van der Waals surface area contributed by atoms with E-state index in [1.54, 1.807) is 0 Å². The number of para-hydroxylation sites is 1. The highest BCUT2D eigenvalue weighted by atomic mass is 16.2. The van der Waals surface area contributed by atoms with E-state index in [1.165, 1.54) is 0 Å². The maximum absolute atomic E-state index is 12.0. The van der Waals surface area contributed by atoms with Gasteiger partial charge in [-0.05, 0) is 33.0 Å². The lowest BCUT2D eigenvalue weighted by atomic mass is 10.1. The molecule has 0 aromatic heterocycles. The first kappa shape index (κ1) is 14.2. The summed E-state index contributed by atoms with van der Waals surface area (Å²) >= 11 is 0. The minimum Gasteiger partial charge on any atom is -0.325 e. The van der Waals surface area contributed by atoms with Gasteiger partial charge in [0.1, 0.15) is 0 Å². The normalized spacial score (nSPS) is 13.7. The first-order chi connectivity index (χ1) is 8.56. The van der Waals surface area contributed by atoms with Gasteiger partial charge in [0.05, 0.1) is 18.5 Å². The van der Waals surface area contributed by atoms with Crippen molar-refractivity contribution in [1.82, 2.24) is 4.90 Å². The molecule has 0 aliphatic carbocycles. The summed E-state index contributed by atoms with van der Waals surface area (Å²) in [4.78, 5) is 13.9. The third kappa shape index (κ3) is 3.86. The molecular weight excluding hydrogens is 226 g/mol. The standard InChI is InChI=1S/C14H19N3O/c1-11(9-10-15)17(3)12(2)14(18)16-13-7-5-4-6-8-13/h4-8,11-12H,9H2,1-3H3,(H,16,18). The smallest absolute Gasteiger partial charge is 0.241 e. The largest absolute Gasteiger partial charge is 0.325 e. The lowest BCUT2D eigenvalue weighted by molar-refractivity contribution is -0.120. The summed E-state index contributed by atoms with van der Waals surface area (Å²) in [6.07, 6.45) is 0.416. The summed E-state index contributed by atoms with van der Waals surface area (Å²) in [6.45, 7) is 3.78. The molecule has 1 N–H and O–H groups in total. The first-order valence-corrected chi connectivity index (χ1v) is 6.01. The summed E-state index contributed by atoms with van der Waals surface area (Å²) in [7, 11) is 1.86.